The van der Waals surface area contributed by atoms with Gasteiger partial charge in [0.05, 0.1) is 4.92 Å². The zero-order chi connectivity index (χ0) is 14.9. The van der Waals surface area contributed by atoms with Crippen molar-refractivity contribution in [3.63, 3.8) is 0 Å². The zero-order valence-electron chi connectivity index (χ0n) is 11.0. The van der Waals surface area contributed by atoms with Gasteiger partial charge in [-0.25, -0.2) is 13.4 Å². The maximum atomic E-state index is 12.4. The van der Waals surface area contributed by atoms with Gasteiger partial charge in [0, 0.05) is 25.4 Å². The Kier molecular flexibility index (Phi) is 3.91. The normalized spacial score (nSPS) is 18.1. The van der Waals surface area contributed by atoms with Crippen LogP contribution in [0.3, 0.4) is 0 Å². The Morgan fingerprint density at radius 3 is 2.60 bits per heavy atom. The van der Waals surface area contributed by atoms with E-state index in [-0.39, 0.29) is 10.7 Å². The van der Waals surface area contributed by atoms with Crippen molar-refractivity contribution in [2.75, 3.05) is 18.8 Å². The van der Waals surface area contributed by atoms with E-state index in [1.165, 1.54) is 4.31 Å². The Morgan fingerprint density at radius 2 is 2.05 bits per heavy atom. The summed E-state index contributed by atoms with van der Waals surface area (Å²) < 4.78 is 26.1. The molecule has 0 aromatic carbocycles. The fourth-order valence-corrected chi connectivity index (χ4v) is 3.54. The lowest BCUT2D eigenvalue weighted by atomic mass is 10.0. The second kappa shape index (κ2) is 5.33. The van der Waals surface area contributed by atoms with Crippen molar-refractivity contribution < 1.29 is 13.3 Å². The molecular formula is C11H16N4O4S. The van der Waals surface area contributed by atoms with E-state index in [1.807, 2.05) is 0 Å². The van der Waals surface area contributed by atoms with Crippen molar-refractivity contribution >= 4 is 21.5 Å². The van der Waals surface area contributed by atoms with Crippen LogP contribution in [0, 0.1) is 16.0 Å². The van der Waals surface area contributed by atoms with Crippen molar-refractivity contribution in [2.24, 2.45) is 5.92 Å². The van der Waals surface area contributed by atoms with Gasteiger partial charge in [-0.3, -0.25) is 10.1 Å². The van der Waals surface area contributed by atoms with Gasteiger partial charge in [-0.15, -0.1) is 0 Å². The van der Waals surface area contributed by atoms with Crippen LogP contribution >= 0.6 is 0 Å². The summed E-state index contributed by atoms with van der Waals surface area (Å²) >= 11 is 0. The van der Waals surface area contributed by atoms with Crippen LogP contribution in [0.5, 0.6) is 0 Å². The highest BCUT2D eigenvalue weighted by atomic mass is 32.2. The largest absolute Gasteiger partial charge is 0.378 e. The van der Waals surface area contributed by atoms with Crippen LogP contribution in [0.15, 0.2) is 17.2 Å². The van der Waals surface area contributed by atoms with Crippen LogP contribution in [0.25, 0.3) is 0 Å². The van der Waals surface area contributed by atoms with E-state index in [9.17, 15) is 18.5 Å². The first-order valence-electron chi connectivity index (χ1n) is 6.22. The molecule has 1 saturated heterocycles. The monoisotopic (exact) mass is 300 g/mol. The number of rotatable bonds is 3. The molecule has 1 aliphatic heterocycles. The lowest BCUT2D eigenvalue weighted by Gasteiger charge is -2.29. The molecule has 0 radical (unpaired) electrons. The topological polar surface area (TPSA) is 119 Å². The molecule has 1 aromatic rings. The maximum Gasteiger partial charge on any atom is 0.312 e. The minimum atomic E-state index is -3.75. The number of aromatic nitrogens is 1. The molecule has 8 nitrogen and oxygen atoms in total. The summed E-state index contributed by atoms with van der Waals surface area (Å²) in [6, 6.07) is 0.968. The first kappa shape index (κ1) is 14.7. The number of nitrogen functional groups attached to an aromatic ring is 1. The lowest BCUT2D eigenvalue weighted by Crippen LogP contribution is -2.37. The quantitative estimate of drug-likeness (QED) is 0.656. The van der Waals surface area contributed by atoms with E-state index in [2.05, 4.69) is 11.9 Å². The highest BCUT2D eigenvalue weighted by Crippen LogP contribution is 2.27. The van der Waals surface area contributed by atoms with Crippen LogP contribution < -0.4 is 5.73 Å². The highest BCUT2D eigenvalue weighted by Gasteiger charge is 2.30. The van der Waals surface area contributed by atoms with E-state index in [0.717, 1.165) is 25.1 Å². The van der Waals surface area contributed by atoms with Crippen LogP contribution in [0.2, 0.25) is 0 Å². The Labute approximate surface area is 116 Å². The smallest absolute Gasteiger partial charge is 0.312 e. The van der Waals surface area contributed by atoms with Gasteiger partial charge in [0.2, 0.25) is 15.8 Å². The molecule has 0 aliphatic carbocycles. The number of nitrogens with two attached hydrogens (primary N) is 1. The fourth-order valence-electron chi connectivity index (χ4n) is 2.11. The minimum Gasteiger partial charge on any atom is -0.378 e. The molecule has 9 heteroatoms. The molecule has 0 spiro atoms. The SMILES string of the molecule is CC1CCN(S(=O)(=O)c2cnc(N)c([N+](=O)[O-])c2)CC1. The Morgan fingerprint density at radius 1 is 1.45 bits per heavy atom. The molecule has 2 heterocycles. The van der Waals surface area contributed by atoms with Crippen molar-refractivity contribution in [3.05, 3.63) is 22.4 Å². The summed E-state index contributed by atoms with van der Waals surface area (Å²) in [5.41, 5.74) is 4.88. The van der Waals surface area contributed by atoms with Gasteiger partial charge in [-0.2, -0.15) is 4.31 Å². The first-order chi connectivity index (χ1) is 9.32. The predicted octanol–water partition coefficient (Wildman–Crippen LogP) is 0.993. The standard InChI is InChI=1S/C11H16N4O4S/c1-8-2-4-14(5-3-8)20(18,19)9-6-10(15(16)17)11(12)13-7-9/h6-8H,2-5H2,1H3,(H2,12,13). The molecular weight excluding hydrogens is 284 g/mol. The third-order valence-electron chi connectivity index (χ3n) is 3.45. The van der Waals surface area contributed by atoms with E-state index in [1.54, 1.807) is 0 Å². The van der Waals surface area contributed by atoms with E-state index < -0.39 is 20.6 Å². The summed E-state index contributed by atoms with van der Waals surface area (Å²) in [4.78, 5) is 13.5. The minimum absolute atomic E-state index is 0.187. The summed E-state index contributed by atoms with van der Waals surface area (Å²) in [6.45, 7) is 2.91. The van der Waals surface area contributed by atoms with Gasteiger partial charge in [-0.1, -0.05) is 6.92 Å². The number of pyridine rings is 1. The lowest BCUT2D eigenvalue weighted by molar-refractivity contribution is -0.384. The first-order valence-corrected chi connectivity index (χ1v) is 7.66. The summed E-state index contributed by atoms with van der Waals surface area (Å²) in [5.74, 6) is 0.196. The van der Waals surface area contributed by atoms with Gasteiger partial charge in [0.25, 0.3) is 0 Å². The fraction of sp³-hybridized carbons (Fsp3) is 0.545. The number of nitro groups is 1. The van der Waals surface area contributed by atoms with E-state index in [4.69, 9.17) is 5.73 Å². The van der Waals surface area contributed by atoms with Gasteiger partial charge in [0.1, 0.15) is 4.90 Å². The molecule has 0 saturated carbocycles. The van der Waals surface area contributed by atoms with Crippen molar-refractivity contribution in [1.29, 1.82) is 0 Å². The third kappa shape index (κ3) is 2.73. The van der Waals surface area contributed by atoms with Gasteiger partial charge >= 0.3 is 5.69 Å². The van der Waals surface area contributed by atoms with Crippen LogP contribution in [-0.4, -0.2) is 35.7 Å². The molecule has 0 bridgehead atoms. The van der Waals surface area contributed by atoms with Gasteiger partial charge < -0.3 is 5.73 Å². The number of sulfonamides is 1. The molecule has 2 N–H and O–H groups in total. The Bertz CT molecular complexity index is 623. The summed E-state index contributed by atoms with van der Waals surface area (Å²) in [5, 5.41) is 10.8. The second-order valence-electron chi connectivity index (χ2n) is 4.92. The van der Waals surface area contributed by atoms with E-state index >= 15 is 0 Å². The van der Waals surface area contributed by atoms with Crippen molar-refractivity contribution in [3.8, 4) is 0 Å². The Balaban J connectivity index is 2.35. The average Bonchev–Trinajstić information content (AvgIpc) is 2.39. The molecule has 20 heavy (non-hydrogen) atoms. The maximum absolute atomic E-state index is 12.4. The van der Waals surface area contributed by atoms with Crippen LogP contribution in [0.4, 0.5) is 11.5 Å². The molecule has 1 aromatic heterocycles. The number of anilines is 1. The summed E-state index contributed by atoms with van der Waals surface area (Å²) in [6.07, 6.45) is 2.63. The van der Waals surface area contributed by atoms with Crippen LogP contribution in [-0.2, 0) is 10.0 Å². The average molecular weight is 300 g/mol. The van der Waals surface area contributed by atoms with Gasteiger partial charge in [0.15, 0.2) is 0 Å². The number of hydrogen-bond donors (Lipinski definition) is 1. The molecule has 110 valence electrons. The Hall–Kier alpha value is -1.74. The molecule has 0 unspecified atom stereocenters. The molecule has 1 fully saturated rings. The van der Waals surface area contributed by atoms with Crippen molar-refractivity contribution in [2.45, 2.75) is 24.7 Å². The molecule has 0 amide bonds. The summed E-state index contributed by atoms with van der Waals surface area (Å²) in [7, 11) is -3.75. The molecule has 2 rings (SSSR count). The van der Waals surface area contributed by atoms with Gasteiger partial charge in [-0.05, 0) is 18.8 Å². The predicted molar refractivity (Wildman–Crippen MR) is 72.5 cm³/mol. The van der Waals surface area contributed by atoms with Crippen LogP contribution in [0.1, 0.15) is 19.8 Å². The number of piperidine rings is 1. The number of hydrogen-bond acceptors (Lipinski definition) is 6. The third-order valence-corrected chi connectivity index (χ3v) is 5.31. The second-order valence-corrected chi connectivity index (χ2v) is 6.86. The van der Waals surface area contributed by atoms with E-state index in [0.29, 0.717) is 19.0 Å². The molecule has 1 aliphatic rings. The number of nitrogens with zero attached hydrogens (tertiary/aromatic N) is 3. The van der Waals surface area contributed by atoms with Crippen molar-refractivity contribution in [1.82, 2.24) is 9.29 Å². The zero-order valence-corrected chi connectivity index (χ0v) is 11.8. The highest BCUT2D eigenvalue weighted by molar-refractivity contribution is 7.89. The molecule has 0 atom stereocenters.